The molecule has 198 valence electrons. The number of amides is 1. The molecule has 3 aromatic rings. The van der Waals surface area contributed by atoms with E-state index in [2.05, 4.69) is 15.5 Å². The zero-order chi connectivity index (χ0) is 26.5. The van der Waals surface area contributed by atoms with Crippen molar-refractivity contribution in [1.82, 2.24) is 14.8 Å². The highest BCUT2D eigenvalue weighted by Crippen LogP contribution is 2.38. The first-order valence-corrected chi connectivity index (χ1v) is 14.1. The van der Waals surface area contributed by atoms with Crippen LogP contribution in [0, 0.1) is 5.82 Å². The van der Waals surface area contributed by atoms with Crippen molar-refractivity contribution in [1.29, 1.82) is 0 Å². The molecule has 37 heavy (non-hydrogen) atoms. The molecule has 0 fully saturated rings. The molecule has 1 unspecified atom stereocenters. The predicted molar refractivity (Wildman–Crippen MR) is 142 cm³/mol. The van der Waals surface area contributed by atoms with Crippen LogP contribution in [0.5, 0.6) is 5.75 Å². The third kappa shape index (κ3) is 6.45. The summed E-state index contributed by atoms with van der Waals surface area (Å²) in [6, 6.07) is 3.90. The first kappa shape index (κ1) is 27.4. The summed E-state index contributed by atoms with van der Waals surface area (Å²) in [6.07, 6.45) is 5.59. The highest BCUT2D eigenvalue weighted by molar-refractivity contribution is 7.99. The number of rotatable bonds is 8. The zero-order valence-electron chi connectivity index (χ0n) is 20.8. The number of methoxy groups -OCH3 is 1. The third-order valence-corrected chi connectivity index (χ3v) is 8.60. The number of carbonyl (C=O) groups is 2. The van der Waals surface area contributed by atoms with Crippen LogP contribution in [-0.4, -0.2) is 39.5 Å². The van der Waals surface area contributed by atoms with E-state index in [0.29, 0.717) is 27.3 Å². The van der Waals surface area contributed by atoms with E-state index < -0.39 is 17.9 Å². The highest BCUT2D eigenvalue weighted by atomic mass is 35.5. The summed E-state index contributed by atoms with van der Waals surface area (Å²) in [6.45, 7) is 1.78. The fraction of sp³-hybridized carbons (Fsp3) is 0.440. The number of fused-ring (bicyclic) bond motifs is 1. The first-order chi connectivity index (χ1) is 17.8. The molecule has 1 N–H and O–H groups in total. The highest BCUT2D eigenvalue weighted by Gasteiger charge is 2.26. The van der Waals surface area contributed by atoms with E-state index >= 15 is 0 Å². The Labute approximate surface area is 227 Å². The minimum Gasteiger partial charge on any atom is -0.481 e. The minimum atomic E-state index is -0.517. The van der Waals surface area contributed by atoms with Crippen molar-refractivity contribution in [2.24, 2.45) is 7.05 Å². The molecule has 1 amide bonds. The summed E-state index contributed by atoms with van der Waals surface area (Å²) in [5.41, 5.74) is 1.49. The van der Waals surface area contributed by atoms with Crippen LogP contribution < -0.4 is 10.1 Å². The summed E-state index contributed by atoms with van der Waals surface area (Å²) >= 11 is 8.75. The van der Waals surface area contributed by atoms with Gasteiger partial charge in [0.1, 0.15) is 16.6 Å². The maximum Gasteiger partial charge on any atom is 0.341 e. The van der Waals surface area contributed by atoms with Crippen molar-refractivity contribution in [3.63, 3.8) is 0 Å². The SMILES string of the molecule is COC(=O)c1c(NC(=O)CSc2nnc(C(C)Oc3ccc(F)cc3Cl)n2C)sc2c1CCCCCC2. The lowest BCUT2D eigenvalue weighted by Crippen LogP contribution is -2.17. The van der Waals surface area contributed by atoms with Gasteiger partial charge in [0.25, 0.3) is 0 Å². The van der Waals surface area contributed by atoms with Gasteiger partial charge in [0.15, 0.2) is 17.1 Å². The smallest absolute Gasteiger partial charge is 0.341 e. The Morgan fingerprint density at radius 2 is 2.00 bits per heavy atom. The number of aryl methyl sites for hydroxylation is 1. The Bertz CT molecular complexity index is 1300. The number of esters is 1. The summed E-state index contributed by atoms with van der Waals surface area (Å²) in [5.74, 6) is -0.194. The van der Waals surface area contributed by atoms with Gasteiger partial charge >= 0.3 is 5.97 Å². The van der Waals surface area contributed by atoms with E-state index in [4.69, 9.17) is 21.1 Å². The molecule has 1 atom stereocenters. The number of hydrogen-bond acceptors (Lipinski definition) is 8. The average Bonchev–Trinajstić information content (AvgIpc) is 3.38. The largest absolute Gasteiger partial charge is 0.481 e. The Morgan fingerprint density at radius 1 is 1.24 bits per heavy atom. The van der Waals surface area contributed by atoms with Crippen LogP contribution in [0.15, 0.2) is 23.4 Å². The Hall–Kier alpha value is -2.63. The van der Waals surface area contributed by atoms with E-state index in [9.17, 15) is 14.0 Å². The molecule has 0 radical (unpaired) electrons. The number of benzene rings is 1. The number of nitrogens with one attached hydrogen (secondary N) is 1. The van der Waals surface area contributed by atoms with Crippen molar-refractivity contribution >= 4 is 51.6 Å². The van der Waals surface area contributed by atoms with Gasteiger partial charge in [0.05, 0.1) is 23.4 Å². The maximum absolute atomic E-state index is 13.3. The molecule has 1 aliphatic carbocycles. The number of halogens is 2. The van der Waals surface area contributed by atoms with E-state index in [1.807, 2.05) is 0 Å². The molecule has 1 aromatic carbocycles. The van der Waals surface area contributed by atoms with E-state index in [1.54, 1.807) is 18.5 Å². The number of nitrogens with zero attached hydrogens (tertiary/aromatic N) is 3. The van der Waals surface area contributed by atoms with Crippen LogP contribution >= 0.6 is 34.7 Å². The second kappa shape index (κ2) is 12.3. The third-order valence-electron chi connectivity index (χ3n) is 6.08. The Balaban J connectivity index is 1.42. The van der Waals surface area contributed by atoms with Gasteiger partial charge in [-0.05, 0) is 56.4 Å². The molecule has 0 bridgehead atoms. The standard InChI is InChI=1S/C25H28ClFN4O4S2/c1-14(35-18-11-10-15(27)12-17(18)26)22-29-30-25(31(22)2)36-13-20(32)28-23-21(24(33)34-3)16-8-6-4-5-7-9-19(16)37-23/h10-12,14H,4-9,13H2,1-3H3,(H,28,32). The molecule has 0 saturated carbocycles. The quantitative estimate of drug-likeness (QED) is 0.264. The van der Waals surface area contributed by atoms with Crippen molar-refractivity contribution in [3.05, 3.63) is 50.9 Å². The molecular formula is C25H28ClFN4O4S2. The van der Waals surface area contributed by atoms with Crippen molar-refractivity contribution in [2.75, 3.05) is 18.2 Å². The summed E-state index contributed by atoms with van der Waals surface area (Å²) in [5, 5.41) is 12.5. The molecule has 2 aromatic heterocycles. The molecule has 1 aliphatic rings. The number of carbonyl (C=O) groups excluding carboxylic acids is 2. The molecule has 12 heteroatoms. The normalized spacial score (nSPS) is 14.3. The van der Waals surface area contributed by atoms with Gasteiger partial charge in [-0.15, -0.1) is 21.5 Å². The van der Waals surface area contributed by atoms with Crippen LogP contribution in [0.3, 0.4) is 0 Å². The van der Waals surface area contributed by atoms with Gasteiger partial charge < -0.3 is 19.4 Å². The predicted octanol–water partition coefficient (Wildman–Crippen LogP) is 5.99. The Kier molecular flexibility index (Phi) is 9.09. The fourth-order valence-corrected chi connectivity index (χ4v) is 6.46. The van der Waals surface area contributed by atoms with Crippen LogP contribution in [0.25, 0.3) is 0 Å². The molecule has 0 saturated heterocycles. The molecule has 0 spiro atoms. The lowest BCUT2D eigenvalue weighted by Gasteiger charge is -2.15. The van der Waals surface area contributed by atoms with E-state index in [0.717, 1.165) is 42.5 Å². The van der Waals surface area contributed by atoms with Gasteiger partial charge in [-0.3, -0.25) is 4.79 Å². The molecule has 0 aliphatic heterocycles. The summed E-state index contributed by atoms with van der Waals surface area (Å²) < 4.78 is 25.9. The second-order valence-corrected chi connectivity index (χ2v) is 11.1. The van der Waals surface area contributed by atoms with Crippen LogP contribution in [0.4, 0.5) is 9.39 Å². The second-order valence-electron chi connectivity index (χ2n) is 8.69. The first-order valence-electron chi connectivity index (χ1n) is 11.9. The van der Waals surface area contributed by atoms with E-state index in [1.165, 1.54) is 54.8 Å². The van der Waals surface area contributed by atoms with E-state index in [-0.39, 0.29) is 16.7 Å². The lowest BCUT2D eigenvalue weighted by atomic mass is 9.96. The van der Waals surface area contributed by atoms with Crippen molar-refractivity contribution < 1.29 is 23.5 Å². The van der Waals surface area contributed by atoms with Crippen LogP contribution in [-0.2, 0) is 29.4 Å². The summed E-state index contributed by atoms with van der Waals surface area (Å²) in [4.78, 5) is 26.6. The van der Waals surface area contributed by atoms with Crippen LogP contribution in [0.1, 0.15) is 65.3 Å². The monoisotopic (exact) mass is 566 g/mol. The van der Waals surface area contributed by atoms with Crippen LogP contribution in [0.2, 0.25) is 5.02 Å². The molecule has 2 heterocycles. The van der Waals surface area contributed by atoms with Gasteiger partial charge in [-0.1, -0.05) is 36.2 Å². The number of thiophene rings is 1. The number of aromatic nitrogens is 3. The van der Waals surface area contributed by atoms with Gasteiger partial charge in [-0.2, -0.15) is 0 Å². The van der Waals surface area contributed by atoms with Gasteiger partial charge in [0.2, 0.25) is 5.91 Å². The molecular weight excluding hydrogens is 539 g/mol. The number of anilines is 1. The number of hydrogen-bond donors (Lipinski definition) is 1. The van der Waals surface area contributed by atoms with Crippen molar-refractivity contribution in [2.45, 2.75) is 56.7 Å². The maximum atomic E-state index is 13.3. The topological polar surface area (TPSA) is 95.3 Å². The van der Waals surface area contributed by atoms with Gasteiger partial charge in [-0.25, -0.2) is 9.18 Å². The number of thioether (sulfide) groups is 1. The summed E-state index contributed by atoms with van der Waals surface area (Å²) in [7, 11) is 3.13. The average molecular weight is 567 g/mol. The zero-order valence-corrected chi connectivity index (χ0v) is 23.2. The van der Waals surface area contributed by atoms with Gasteiger partial charge in [0, 0.05) is 11.9 Å². The Morgan fingerprint density at radius 3 is 2.73 bits per heavy atom. The lowest BCUT2D eigenvalue weighted by molar-refractivity contribution is -0.113. The molecule has 4 rings (SSSR count). The minimum absolute atomic E-state index is 0.0776. The fourth-order valence-electron chi connectivity index (χ4n) is 4.24. The number of ether oxygens (including phenoxy) is 2. The van der Waals surface area contributed by atoms with Crippen molar-refractivity contribution in [3.8, 4) is 5.75 Å². The molecule has 8 nitrogen and oxygen atoms in total.